The van der Waals surface area contributed by atoms with E-state index in [-0.39, 0.29) is 17.5 Å². The predicted molar refractivity (Wildman–Crippen MR) is 87.0 cm³/mol. The number of carbonyl (C=O) groups is 2. The van der Waals surface area contributed by atoms with Gasteiger partial charge in [0.05, 0.1) is 5.92 Å². The Hall–Kier alpha value is -2.89. The summed E-state index contributed by atoms with van der Waals surface area (Å²) >= 11 is 0. The number of piperidine rings is 1. The largest absolute Gasteiger partial charge is 0.481 e. The summed E-state index contributed by atoms with van der Waals surface area (Å²) in [5, 5.41) is 9.05. The smallest absolute Gasteiger partial charge is 0.306 e. The Morgan fingerprint density at radius 3 is 2.46 bits per heavy atom. The van der Waals surface area contributed by atoms with Crippen LogP contribution in [0.4, 0.5) is 0 Å². The van der Waals surface area contributed by atoms with Crippen molar-refractivity contribution in [2.75, 3.05) is 13.1 Å². The van der Waals surface area contributed by atoms with Crippen molar-refractivity contribution in [2.24, 2.45) is 5.92 Å². The molecule has 0 saturated carbocycles. The topological polar surface area (TPSA) is 79.7 Å². The number of carboxylic acid groups (broad SMARTS) is 1. The average Bonchev–Trinajstić information content (AvgIpc) is 2.62. The second-order valence-corrected chi connectivity index (χ2v) is 5.67. The highest BCUT2D eigenvalue weighted by Crippen LogP contribution is 2.26. The zero-order valence-electron chi connectivity index (χ0n) is 13.1. The molecule has 1 N–H and O–H groups in total. The average molecular weight is 326 g/mol. The number of hydrogen-bond acceptors (Lipinski definition) is 4. The van der Waals surface area contributed by atoms with E-state index in [1.54, 1.807) is 35.4 Å². The lowest BCUT2D eigenvalue weighted by Gasteiger charge is -2.30. The molecule has 0 spiro atoms. The number of para-hydroxylation sites is 1. The van der Waals surface area contributed by atoms with Crippen LogP contribution in [0.2, 0.25) is 0 Å². The van der Waals surface area contributed by atoms with Crippen molar-refractivity contribution in [2.45, 2.75) is 12.8 Å². The van der Waals surface area contributed by atoms with Gasteiger partial charge in [-0.05, 0) is 37.1 Å². The third-order valence-electron chi connectivity index (χ3n) is 4.08. The summed E-state index contributed by atoms with van der Waals surface area (Å²) in [6.07, 6.45) is 2.47. The number of rotatable bonds is 4. The van der Waals surface area contributed by atoms with Gasteiger partial charge in [0.2, 0.25) is 0 Å². The molecule has 124 valence electrons. The maximum atomic E-state index is 12.7. The first-order chi connectivity index (χ1) is 11.6. The minimum atomic E-state index is -0.798. The molecule has 0 unspecified atom stereocenters. The quantitative estimate of drug-likeness (QED) is 0.934. The normalized spacial score (nSPS) is 15.1. The van der Waals surface area contributed by atoms with Gasteiger partial charge >= 0.3 is 5.97 Å². The lowest BCUT2D eigenvalue weighted by Crippen LogP contribution is -2.40. The van der Waals surface area contributed by atoms with E-state index in [2.05, 4.69) is 4.98 Å². The molecular formula is C18H18N2O4. The van der Waals surface area contributed by atoms with Crippen molar-refractivity contribution in [3.8, 4) is 11.5 Å². The van der Waals surface area contributed by atoms with Crippen molar-refractivity contribution in [1.29, 1.82) is 0 Å². The van der Waals surface area contributed by atoms with E-state index in [1.807, 2.05) is 18.2 Å². The summed E-state index contributed by atoms with van der Waals surface area (Å²) in [4.78, 5) is 29.6. The molecule has 1 aromatic heterocycles. The highest BCUT2D eigenvalue weighted by molar-refractivity contribution is 5.95. The summed E-state index contributed by atoms with van der Waals surface area (Å²) < 4.78 is 5.78. The Labute approximate surface area is 139 Å². The van der Waals surface area contributed by atoms with Gasteiger partial charge in [-0.1, -0.05) is 18.2 Å². The van der Waals surface area contributed by atoms with Crippen LogP contribution in [0.25, 0.3) is 0 Å². The molecule has 1 fully saturated rings. The molecule has 3 rings (SSSR count). The van der Waals surface area contributed by atoms with Crippen LogP contribution in [0.3, 0.4) is 0 Å². The lowest BCUT2D eigenvalue weighted by molar-refractivity contribution is -0.143. The molecule has 0 radical (unpaired) electrons. The van der Waals surface area contributed by atoms with Crippen molar-refractivity contribution >= 4 is 11.9 Å². The number of carboxylic acids is 1. The van der Waals surface area contributed by atoms with Gasteiger partial charge in [-0.15, -0.1) is 0 Å². The molecule has 24 heavy (non-hydrogen) atoms. The van der Waals surface area contributed by atoms with Crippen molar-refractivity contribution in [1.82, 2.24) is 9.88 Å². The van der Waals surface area contributed by atoms with E-state index in [0.29, 0.717) is 37.4 Å². The van der Waals surface area contributed by atoms with Gasteiger partial charge in [-0.3, -0.25) is 9.59 Å². The molecule has 1 amide bonds. The van der Waals surface area contributed by atoms with Gasteiger partial charge in [0.25, 0.3) is 5.91 Å². The molecule has 0 atom stereocenters. The van der Waals surface area contributed by atoms with E-state index in [0.717, 1.165) is 0 Å². The summed E-state index contributed by atoms with van der Waals surface area (Å²) in [5.74, 6) is -0.380. The number of amides is 1. The first-order valence-electron chi connectivity index (χ1n) is 7.85. The Bertz CT molecular complexity index is 725. The molecule has 1 aliphatic heterocycles. The highest BCUT2D eigenvalue weighted by Gasteiger charge is 2.29. The standard InChI is InChI=1S/C18H18N2O4/c21-17(20-11-8-13(9-12-20)18(22)23)16-15(7-4-10-19-16)24-14-5-2-1-3-6-14/h1-7,10,13H,8-9,11-12H2,(H,22,23). The van der Waals surface area contributed by atoms with Gasteiger partial charge < -0.3 is 14.7 Å². The molecule has 2 aromatic rings. The summed E-state index contributed by atoms with van der Waals surface area (Å²) in [6.45, 7) is 0.828. The highest BCUT2D eigenvalue weighted by atomic mass is 16.5. The van der Waals surface area contributed by atoms with Gasteiger partial charge in [0.1, 0.15) is 5.75 Å². The van der Waals surface area contributed by atoms with Crippen LogP contribution in [0.5, 0.6) is 11.5 Å². The number of benzene rings is 1. The van der Waals surface area contributed by atoms with E-state index < -0.39 is 5.97 Å². The third kappa shape index (κ3) is 3.53. The SMILES string of the molecule is O=C(O)C1CCN(C(=O)c2ncccc2Oc2ccccc2)CC1. The number of pyridine rings is 1. The molecule has 1 saturated heterocycles. The van der Waals surface area contributed by atoms with Crippen molar-refractivity contribution < 1.29 is 19.4 Å². The van der Waals surface area contributed by atoms with Crippen LogP contribution in [0.15, 0.2) is 48.7 Å². The molecular weight excluding hydrogens is 308 g/mol. The second kappa shape index (κ2) is 7.12. The Morgan fingerprint density at radius 1 is 1.08 bits per heavy atom. The third-order valence-corrected chi connectivity index (χ3v) is 4.08. The van der Waals surface area contributed by atoms with Gasteiger partial charge in [0, 0.05) is 19.3 Å². The second-order valence-electron chi connectivity index (χ2n) is 5.67. The van der Waals surface area contributed by atoms with Crippen LogP contribution in [-0.4, -0.2) is 40.0 Å². The zero-order valence-corrected chi connectivity index (χ0v) is 13.1. The van der Waals surface area contributed by atoms with Crippen LogP contribution < -0.4 is 4.74 Å². The van der Waals surface area contributed by atoms with E-state index in [4.69, 9.17) is 9.84 Å². The van der Waals surface area contributed by atoms with Gasteiger partial charge in [-0.2, -0.15) is 0 Å². The maximum absolute atomic E-state index is 12.7. The molecule has 1 aromatic carbocycles. The number of carbonyl (C=O) groups excluding carboxylic acids is 1. The number of aliphatic carboxylic acids is 1. The Morgan fingerprint density at radius 2 is 1.79 bits per heavy atom. The minimum absolute atomic E-state index is 0.231. The minimum Gasteiger partial charge on any atom is -0.481 e. The fraction of sp³-hybridized carbons (Fsp3) is 0.278. The van der Waals surface area contributed by atoms with Gasteiger partial charge in [-0.25, -0.2) is 4.98 Å². The van der Waals surface area contributed by atoms with Crippen LogP contribution in [0, 0.1) is 5.92 Å². The fourth-order valence-electron chi connectivity index (χ4n) is 2.73. The number of hydrogen-bond donors (Lipinski definition) is 1. The van der Waals surface area contributed by atoms with E-state index in [1.165, 1.54) is 0 Å². The van der Waals surface area contributed by atoms with Crippen LogP contribution in [0.1, 0.15) is 23.3 Å². The fourth-order valence-corrected chi connectivity index (χ4v) is 2.73. The summed E-state index contributed by atoms with van der Waals surface area (Å²) in [6, 6.07) is 12.6. The van der Waals surface area contributed by atoms with Crippen molar-refractivity contribution in [3.05, 3.63) is 54.4 Å². The van der Waals surface area contributed by atoms with Crippen LogP contribution >= 0.6 is 0 Å². The molecule has 0 aliphatic carbocycles. The lowest BCUT2D eigenvalue weighted by atomic mass is 9.97. The first-order valence-corrected chi connectivity index (χ1v) is 7.85. The zero-order chi connectivity index (χ0) is 16.9. The van der Waals surface area contributed by atoms with E-state index >= 15 is 0 Å². The predicted octanol–water partition coefficient (Wildman–Crippen LogP) is 2.81. The van der Waals surface area contributed by atoms with Crippen LogP contribution in [-0.2, 0) is 4.79 Å². The summed E-state index contributed by atoms with van der Waals surface area (Å²) in [7, 11) is 0. The Balaban J connectivity index is 1.75. The Kier molecular flexibility index (Phi) is 4.74. The van der Waals surface area contributed by atoms with Gasteiger partial charge in [0.15, 0.2) is 11.4 Å². The molecule has 2 heterocycles. The number of ether oxygens (including phenoxy) is 1. The summed E-state index contributed by atoms with van der Waals surface area (Å²) in [5.41, 5.74) is 0.245. The monoisotopic (exact) mass is 326 g/mol. The molecule has 0 bridgehead atoms. The molecule has 6 heteroatoms. The maximum Gasteiger partial charge on any atom is 0.306 e. The molecule has 1 aliphatic rings. The van der Waals surface area contributed by atoms with E-state index in [9.17, 15) is 9.59 Å². The van der Waals surface area contributed by atoms with Crippen molar-refractivity contribution in [3.63, 3.8) is 0 Å². The number of aromatic nitrogens is 1. The first kappa shape index (κ1) is 16.0. The number of nitrogens with zero attached hydrogens (tertiary/aromatic N) is 2. The molecule has 6 nitrogen and oxygen atoms in total. The number of likely N-dealkylation sites (tertiary alicyclic amines) is 1.